The maximum atomic E-state index is 13.3. The van der Waals surface area contributed by atoms with E-state index in [1.54, 1.807) is 6.20 Å². The molecule has 1 amide bonds. The first kappa shape index (κ1) is 21.4. The lowest BCUT2D eigenvalue weighted by molar-refractivity contribution is 0.0949. The summed E-state index contributed by atoms with van der Waals surface area (Å²) in [4.78, 5) is 35.0. The zero-order chi connectivity index (χ0) is 23.3. The minimum atomic E-state index is -0.552. The van der Waals surface area contributed by atoms with Crippen molar-refractivity contribution in [3.05, 3.63) is 112 Å². The molecule has 2 N–H and O–H groups in total. The largest absolute Gasteiger partial charge is 0.346 e. The number of hydrogen-bond donors (Lipinski definition) is 2. The zero-order valence-corrected chi connectivity index (χ0v) is 18.8. The van der Waals surface area contributed by atoms with Gasteiger partial charge >= 0.3 is 0 Å². The molecule has 0 saturated heterocycles. The van der Waals surface area contributed by atoms with Crippen LogP contribution in [0.5, 0.6) is 0 Å². The highest BCUT2D eigenvalue weighted by Gasteiger charge is 2.23. The summed E-state index contributed by atoms with van der Waals surface area (Å²) >= 11 is 1.45. The first-order valence-electron chi connectivity index (χ1n) is 10.6. The number of pyridine rings is 1. The molecule has 0 radical (unpaired) electrons. The summed E-state index contributed by atoms with van der Waals surface area (Å²) in [6.07, 6.45) is 1.71. The fourth-order valence-electron chi connectivity index (χ4n) is 3.61. The number of nitrogens with zero attached hydrogens (tertiary/aromatic N) is 3. The predicted octanol–water partition coefficient (Wildman–Crippen LogP) is 4.55. The van der Waals surface area contributed by atoms with E-state index >= 15 is 0 Å². The van der Waals surface area contributed by atoms with Crippen LogP contribution in [-0.4, -0.2) is 26.1 Å². The highest BCUT2D eigenvalue weighted by molar-refractivity contribution is 7.13. The number of thiazole rings is 1. The molecule has 0 bridgehead atoms. The summed E-state index contributed by atoms with van der Waals surface area (Å²) in [6, 6.07) is 24.4. The average molecular weight is 466 g/mol. The smallest absolute Gasteiger partial charge is 0.277 e. The molecular weight excluding hydrogens is 446 g/mol. The fourth-order valence-corrected chi connectivity index (χ4v) is 4.41. The molecule has 166 valence electrons. The van der Waals surface area contributed by atoms with Crippen LogP contribution in [0.4, 0.5) is 0 Å². The summed E-state index contributed by atoms with van der Waals surface area (Å²) in [5.41, 5.74) is 3.47. The molecule has 0 aliphatic rings. The first-order valence-corrected chi connectivity index (χ1v) is 11.5. The Morgan fingerprint density at radius 3 is 2.32 bits per heavy atom. The topological polar surface area (TPSA) is 101 Å². The van der Waals surface area contributed by atoms with Crippen molar-refractivity contribution >= 4 is 17.2 Å². The van der Waals surface area contributed by atoms with E-state index in [9.17, 15) is 9.59 Å². The maximum absolute atomic E-state index is 13.3. The lowest BCUT2D eigenvalue weighted by Crippen LogP contribution is -2.31. The number of aromatic amines is 1. The van der Waals surface area contributed by atoms with Crippen LogP contribution < -0.4 is 10.9 Å². The Morgan fingerprint density at radius 1 is 0.912 bits per heavy atom. The van der Waals surface area contributed by atoms with Crippen LogP contribution in [0.2, 0.25) is 0 Å². The Bertz CT molecular complexity index is 1480. The number of amides is 1. The molecule has 7 nitrogen and oxygen atoms in total. The third-order valence-corrected chi connectivity index (χ3v) is 6.10. The minimum Gasteiger partial charge on any atom is -0.346 e. The van der Waals surface area contributed by atoms with Gasteiger partial charge < -0.3 is 5.32 Å². The van der Waals surface area contributed by atoms with Gasteiger partial charge in [0.1, 0.15) is 10.6 Å². The van der Waals surface area contributed by atoms with E-state index in [2.05, 4.69) is 25.5 Å². The van der Waals surface area contributed by atoms with Crippen LogP contribution in [0.15, 0.2) is 95.2 Å². The molecular formula is C26H19N5O2S. The average Bonchev–Trinajstić information content (AvgIpc) is 3.38. The van der Waals surface area contributed by atoms with E-state index < -0.39 is 11.5 Å². The number of hydrogen-bond acceptors (Lipinski definition) is 6. The Morgan fingerprint density at radius 2 is 1.62 bits per heavy atom. The van der Waals surface area contributed by atoms with Crippen LogP contribution in [0, 0.1) is 0 Å². The molecule has 3 heterocycles. The van der Waals surface area contributed by atoms with Gasteiger partial charge in [-0.05, 0) is 17.7 Å². The normalized spacial score (nSPS) is 10.7. The first-order chi connectivity index (χ1) is 16.7. The number of benzene rings is 2. The van der Waals surface area contributed by atoms with Gasteiger partial charge in [0.05, 0.1) is 23.6 Å². The highest BCUT2D eigenvalue weighted by Crippen LogP contribution is 2.31. The van der Waals surface area contributed by atoms with Gasteiger partial charge in [-0.3, -0.25) is 14.6 Å². The van der Waals surface area contributed by atoms with Crippen molar-refractivity contribution in [2.45, 2.75) is 6.54 Å². The molecule has 5 aromatic rings. The van der Waals surface area contributed by atoms with E-state index in [4.69, 9.17) is 0 Å². The molecule has 0 fully saturated rings. The SMILES string of the molecule is O=C(NCc1csc(-c2ccccn2)n1)c1c(-c2ccccc2)c(-c2ccccc2)n[nH]c1=O. The second-order valence-corrected chi connectivity index (χ2v) is 8.28. The van der Waals surface area contributed by atoms with E-state index in [1.807, 2.05) is 84.2 Å². The second kappa shape index (κ2) is 9.60. The van der Waals surface area contributed by atoms with Crippen LogP contribution in [0.3, 0.4) is 0 Å². The van der Waals surface area contributed by atoms with Crippen molar-refractivity contribution in [2.24, 2.45) is 0 Å². The van der Waals surface area contributed by atoms with E-state index in [-0.39, 0.29) is 12.1 Å². The van der Waals surface area contributed by atoms with Crippen LogP contribution >= 0.6 is 11.3 Å². The summed E-state index contributed by atoms with van der Waals surface area (Å²) < 4.78 is 0. The maximum Gasteiger partial charge on any atom is 0.277 e. The van der Waals surface area contributed by atoms with Crippen LogP contribution in [0.25, 0.3) is 33.1 Å². The number of carbonyl (C=O) groups excluding carboxylic acids is 1. The molecule has 5 rings (SSSR count). The van der Waals surface area contributed by atoms with Gasteiger partial charge in [-0.25, -0.2) is 10.1 Å². The van der Waals surface area contributed by atoms with Gasteiger partial charge in [-0.2, -0.15) is 5.10 Å². The van der Waals surface area contributed by atoms with Gasteiger partial charge in [0.15, 0.2) is 0 Å². The van der Waals surface area contributed by atoms with Gasteiger partial charge in [-0.15, -0.1) is 11.3 Å². The van der Waals surface area contributed by atoms with Gasteiger partial charge in [0.2, 0.25) is 0 Å². The Labute approximate surface area is 199 Å². The van der Waals surface area contributed by atoms with Crippen LogP contribution in [0.1, 0.15) is 16.1 Å². The number of carbonyl (C=O) groups is 1. The number of nitrogens with one attached hydrogen (secondary N) is 2. The lowest BCUT2D eigenvalue weighted by Gasteiger charge is -2.13. The molecule has 0 unspecified atom stereocenters. The second-order valence-electron chi connectivity index (χ2n) is 7.43. The third-order valence-electron chi connectivity index (χ3n) is 5.19. The minimum absolute atomic E-state index is 0.0141. The van der Waals surface area contributed by atoms with E-state index in [1.165, 1.54) is 11.3 Å². The molecule has 0 aliphatic carbocycles. The van der Waals surface area contributed by atoms with Gasteiger partial charge in [0.25, 0.3) is 11.5 Å². The molecule has 0 aliphatic heterocycles. The molecule has 8 heteroatoms. The summed E-state index contributed by atoms with van der Waals surface area (Å²) in [7, 11) is 0. The van der Waals surface area contributed by atoms with Gasteiger partial charge in [0, 0.05) is 22.7 Å². The Balaban J connectivity index is 1.49. The van der Waals surface area contributed by atoms with E-state index in [0.29, 0.717) is 17.0 Å². The molecule has 0 spiro atoms. The van der Waals surface area contributed by atoms with Crippen molar-refractivity contribution in [1.82, 2.24) is 25.5 Å². The zero-order valence-electron chi connectivity index (χ0n) is 17.9. The third kappa shape index (κ3) is 4.39. The van der Waals surface area contributed by atoms with Gasteiger partial charge in [-0.1, -0.05) is 66.7 Å². The number of rotatable bonds is 6. The lowest BCUT2D eigenvalue weighted by atomic mass is 9.95. The fraction of sp³-hybridized carbons (Fsp3) is 0.0385. The van der Waals surface area contributed by atoms with Crippen molar-refractivity contribution in [3.63, 3.8) is 0 Å². The summed E-state index contributed by atoms with van der Waals surface area (Å²) in [5, 5.41) is 12.3. The molecule has 3 aromatic heterocycles. The Hall–Kier alpha value is -4.43. The monoisotopic (exact) mass is 465 g/mol. The Kier molecular flexibility index (Phi) is 6.05. The molecule has 34 heavy (non-hydrogen) atoms. The number of aromatic nitrogens is 4. The number of H-pyrrole nitrogens is 1. The quantitative estimate of drug-likeness (QED) is 0.383. The molecule has 2 aromatic carbocycles. The summed E-state index contributed by atoms with van der Waals surface area (Å²) in [6.45, 7) is 0.179. The van der Waals surface area contributed by atoms with Crippen molar-refractivity contribution in [3.8, 4) is 33.1 Å². The van der Waals surface area contributed by atoms with Crippen molar-refractivity contribution in [2.75, 3.05) is 0 Å². The van der Waals surface area contributed by atoms with E-state index in [0.717, 1.165) is 21.8 Å². The molecule has 0 saturated carbocycles. The highest BCUT2D eigenvalue weighted by atomic mass is 32.1. The van der Waals surface area contributed by atoms with Crippen molar-refractivity contribution in [1.29, 1.82) is 0 Å². The molecule has 0 atom stereocenters. The summed E-state index contributed by atoms with van der Waals surface area (Å²) in [5.74, 6) is -0.493. The van der Waals surface area contributed by atoms with Crippen molar-refractivity contribution < 1.29 is 4.79 Å². The standard InChI is InChI=1S/C26H19N5O2S/c32-24(28-15-19-16-34-26(29-19)20-13-7-8-14-27-20)22-21(17-9-3-1-4-10-17)23(30-31-25(22)33)18-11-5-2-6-12-18/h1-14,16H,15H2,(H,28,32)(H,31,33). The van der Waals surface area contributed by atoms with Crippen LogP contribution in [-0.2, 0) is 6.54 Å². The predicted molar refractivity (Wildman–Crippen MR) is 132 cm³/mol.